The minimum absolute atomic E-state index is 0.158. The minimum atomic E-state index is -3.55. The summed E-state index contributed by atoms with van der Waals surface area (Å²) in [5, 5.41) is 3.33. The number of rotatable bonds is 6. The molecule has 1 aromatic heterocycles. The van der Waals surface area contributed by atoms with Crippen LogP contribution in [0.3, 0.4) is 0 Å². The summed E-state index contributed by atoms with van der Waals surface area (Å²) in [4.78, 5) is 17.8. The van der Waals surface area contributed by atoms with Crippen molar-refractivity contribution in [2.45, 2.75) is 10.8 Å². The molecule has 2 N–H and O–H groups in total. The highest BCUT2D eigenvalue weighted by molar-refractivity contribution is 7.89. The number of fused-ring (bicyclic) bond motifs is 1. The molecule has 3 aromatic carbocycles. The Hall–Kier alpha value is -3.07. The first-order valence-corrected chi connectivity index (χ1v) is 11.5. The molecule has 4 aromatic rings. The van der Waals surface area contributed by atoms with E-state index in [4.69, 9.17) is 0 Å². The number of amides is 1. The van der Waals surface area contributed by atoms with Gasteiger partial charge in [-0.05, 0) is 36.4 Å². The average molecular weight is 438 g/mol. The monoisotopic (exact) mass is 437 g/mol. The van der Waals surface area contributed by atoms with Crippen molar-refractivity contribution in [3.63, 3.8) is 0 Å². The van der Waals surface area contributed by atoms with E-state index in [1.165, 1.54) is 24.5 Å². The number of thiazole rings is 1. The third-order valence-electron chi connectivity index (χ3n) is 4.70. The molecule has 0 bridgehead atoms. The van der Waals surface area contributed by atoms with Crippen LogP contribution in [0.25, 0.3) is 10.2 Å². The second-order valence-electron chi connectivity index (χ2n) is 6.60. The SMILES string of the molecule is CNS(=O)(=O)c1ccc2nc(NC(=O)C(c3ccccc3)c3ccccc3)sc2c1. The van der Waals surface area contributed by atoms with E-state index in [9.17, 15) is 13.2 Å². The van der Waals surface area contributed by atoms with Crippen molar-refractivity contribution in [1.29, 1.82) is 0 Å². The van der Waals surface area contributed by atoms with Crippen LogP contribution in [-0.4, -0.2) is 26.4 Å². The molecule has 0 saturated heterocycles. The molecule has 0 aliphatic heterocycles. The molecular weight excluding hydrogens is 418 g/mol. The van der Waals surface area contributed by atoms with E-state index in [1.54, 1.807) is 12.1 Å². The fraction of sp³-hybridized carbons (Fsp3) is 0.0909. The quantitative estimate of drug-likeness (QED) is 0.478. The number of nitrogens with one attached hydrogen (secondary N) is 2. The maximum atomic E-state index is 13.2. The van der Waals surface area contributed by atoms with Crippen LogP contribution < -0.4 is 10.0 Å². The van der Waals surface area contributed by atoms with Crippen molar-refractivity contribution >= 4 is 42.6 Å². The van der Waals surface area contributed by atoms with Gasteiger partial charge in [0.1, 0.15) is 0 Å². The minimum Gasteiger partial charge on any atom is -0.301 e. The highest BCUT2D eigenvalue weighted by atomic mass is 32.2. The maximum absolute atomic E-state index is 13.2. The van der Waals surface area contributed by atoms with Crippen molar-refractivity contribution in [2.24, 2.45) is 0 Å². The van der Waals surface area contributed by atoms with E-state index in [1.807, 2.05) is 60.7 Å². The third-order valence-corrected chi connectivity index (χ3v) is 7.04. The van der Waals surface area contributed by atoms with E-state index in [-0.39, 0.29) is 10.8 Å². The Balaban J connectivity index is 1.66. The Morgan fingerprint density at radius 3 is 2.10 bits per heavy atom. The third kappa shape index (κ3) is 4.11. The van der Waals surface area contributed by atoms with Crippen LogP contribution >= 0.6 is 11.3 Å². The summed E-state index contributed by atoms with van der Waals surface area (Å²) in [7, 11) is -2.18. The van der Waals surface area contributed by atoms with Crippen molar-refractivity contribution in [3.05, 3.63) is 90.0 Å². The second kappa shape index (κ2) is 8.35. The Morgan fingerprint density at radius 1 is 0.933 bits per heavy atom. The molecule has 0 aliphatic carbocycles. The van der Waals surface area contributed by atoms with Gasteiger partial charge < -0.3 is 5.32 Å². The Labute approximate surface area is 178 Å². The lowest BCUT2D eigenvalue weighted by atomic mass is 9.90. The fourth-order valence-electron chi connectivity index (χ4n) is 3.21. The number of carbonyl (C=O) groups is 1. The molecule has 152 valence electrons. The predicted molar refractivity (Wildman–Crippen MR) is 119 cm³/mol. The average Bonchev–Trinajstić information content (AvgIpc) is 3.17. The van der Waals surface area contributed by atoms with E-state index in [0.29, 0.717) is 15.3 Å². The number of sulfonamides is 1. The van der Waals surface area contributed by atoms with Crippen LogP contribution in [0.2, 0.25) is 0 Å². The van der Waals surface area contributed by atoms with Gasteiger partial charge in [-0.1, -0.05) is 72.0 Å². The van der Waals surface area contributed by atoms with Crippen LogP contribution in [0.15, 0.2) is 83.8 Å². The molecule has 0 aliphatic rings. The lowest BCUT2D eigenvalue weighted by Crippen LogP contribution is -2.22. The van der Waals surface area contributed by atoms with Gasteiger partial charge in [-0.25, -0.2) is 18.1 Å². The summed E-state index contributed by atoms with van der Waals surface area (Å²) in [6.45, 7) is 0. The lowest BCUT2D eigenvalue weighted by Gasteiger charge is -2.16. The number of benzene rings is 3. The van der Waals surface area contributed by atoms with Crippen LogP contribution in [0, 0.1) is 0 Å². The number of hydrogen-bond acceptors (Lipinski definition) is 5. The van der Waals surface area contributed by atoms with Gasteiger partial charge in [0.25, 0.3) is 0 Å². The summed E-state index contributed by atoms with van der Waals surface area (Å²) in [6, 6.07) is 23.8. The van der Waals surface area contributed by atoms with Gasteiger partial charge in [0.15, 0.2) is 5.13 Å². The highest BCUT2D eigenvalue weighted by Crippen LogP contribution is 2.31. The Morgan fingerprint density at radius 2 is 1.53 bits per heavy atom. The Bertz CT molecular complexity index is 1250. The van der Waals surface area contributed by atoms with E-state index in [2.05, 4.69) is 15.0 Å². The molecule has 1 heterocycles. The number of aromatic nitrogens is 1. The van der Waals surface area contributed by atoms with Crippen LogP contribution in [0.5, 0.6) is 0 Å². The first-order valence-electron chi connectivity index (χ1n) is 9.23. The number of carbonyl (C=O) groups excluding carboxylic acids is 1. The van der Waals surface area contributed by atoms with Gasteiger partial charge in [0.2, 0.25) is 15.9 Å². The van der Waals surface area contributed by atoms with E-state index < -0.39 is 15.9 Å². The molecule has 8 heteroatoms. The largest absolute Gasteiger partial charge is 0.301 e. The second-order valence-corrected chi connectivity index (χ2v) is 9.52. The summed E-state index contributed by atoms with van der Waals surface area (Å²) in [5.41, 5.74) is 2.38. The molecule has 1 amide bonds. The number of hydrogen-bond donors (Lipinski definition) is 2. The molecule has 6 nitrogen and oxygen atoms in total. The van der Waals surface area contributed by atoms with Crippen molar-refractivity contribution < 1.29 is 13.2 Å². The first-order chi connectivity index (χ1) is 14.5. The van der Waals surface area contributed by atoms with Crippen LogP contribution in [-0.2, 0) is 14.8 Å². The van der Waals surface area contributed by atoms with Gasteiger partial charge in [-0.15, -0.1) is 0 Å². The zero-order chi connectivity index (χ0) is 21.1. The molecule has 0 unspecified atom stereocenters. The van der Waals surface area contributed by atoms with Crippen molar-refractivity contribution in [2.75, 3.05) is 12.4 Å². The molecule has 0 saturated carbocycles. The van der Waals surface area contributed by atoms with Gasteiger partial charge in [-0.3, -0.25) is 4.79 Å². The summed E-state index contributed by atoms with van der Waals surface area (Å²) in [6.07, 6.45) is 0. The van der Waals surface area contributed by atoms with Crippen molar-refractivity contribution in [3.8, 4) is 0 Å². The normalized spacial score (nSPS) is 11.7. The van der Waals surface area contributed by atoms with Crippen LogP contribution in [0.4, 0.5) is 5.13 Å². The molecule has 0 spiro atoms. The first kappa shape index (κ1) is 20.2. The standard InChI is InChI=1S/C22H19N3O3S2/c1-23-30(27,28)17-12-13-18-19(14-17)29-22(24-18)25-21(26)20(15-8-4-2-5-9-15)16-10-6-3-7-11-16/h2-14,20,23H,1H3,(H,24,25,26). The van der Waals surface area contributed by atoms with Gasteiger partial charge >= 0.3 is 0 Å². The molecule has 4 rings (SSSR count). The topological polar surface area (TPSA) is 88.2 Å². The number of nitrogens with zero attached hydrogens (tertiary/aromatic N) is 1. The van der Waals surface area contributed by atoms with Gasteiger partial charge in [0, 0.05) is 0 Å². The summed E-state index contributed by atoms with van der Waals surface area (Å²) < 4.78 is 27.0. The molecular formula is C22H19N3O3S2. The zero-order valence-corrected chi connectivity index (χ0v) is 17.7. The summed E-state index contributed by atoms with van der Waals surface area (Å²) >= 11 is 1.24. The van der Waals surface area contributed by atoms with E-state index in [0.717, 1.165) is 11.1 Å². The number of anilines is 1. The van der Waals surface area contributed by atoms with Gasteiger partial charge in [-0.2, -0.15) is 0 Å². The lowest BCUT2D eigenvalue weighted by molar-refractivity contribution is -0.116. The van der Waals surface area contributed by atoms with Gasteiger partial charge in [0.05, 0.1) is 21.0 Å². The summed E-state index contributed by atoms with van der Waals surface area (Å²) in [5.74, 6) is -0.686. The van der Waals surface area contributed by atoms with Crippen LogP contribution in [0.1, 0.15) is 17.0 Å². The van der Waals surface area contributed by atoms with E-state index >= 15 is 0 Å². The highest BCUT2D eigenvalue weighted by Gasteiger charge is 2.24. The molecule has 0 radical (unpaired) electrons. The molecule has 0 fully saturated rings. The maximum Gasteiger partial charge on any atom is 0.240 e. The van der Waals surface area contributed by atoms with Crippen molar-refractivity contribution in [1.82, 2.24) is 9.71 Å². The predicted octanol–water partition coefficient (Wildman–Crippen LogP) is 3.98. The molecule has 0 atom stereocenters. The zero-order valence-electron chi connectivity index (χ0n) is 16.1. The fourth-order valence-corrected chi connectivity index (χ4v) is 4.95. The smallest absolute Gasteiger partial charge is 0.240 e. The molecule has 30 heavy (non-hydrogen) atoms. The Kier molecular flexibility index (Phi) is 5.63.